The normalized spacial score (nSPS) is 10.8. The van der Waals surface area contributed by atoms with Gasteiger partial charge in [-0.05, 0) is 0 Å². The summed E-state index contributed by atoms with van der Waals surface area (Å²) in [6.07, 6.45) is -6.66. The van der Waals surface area contributed by atoms with Crippen LogP contribution in [0, 0.1) is 0 Å². The van der Waals surface area contributed by atoms with Crippen LogP contribution in [0.25, 0.3) is 0 Å². The summed E-state index contributed by atoms with van der Waals surface area (Å²) < 4.78 is 86.2. The monoisotopic (exact) mass is 228 g/mol. The molecule has 0 spiro atoms. The zero-order valence-electron chi connectivity index (χ0n) is 6.39. The minimum atomic E-state index is -3.31. The van der Waals surface area contributed by atoms with Gasteiger partial charge in [0.2, 0.25) is 0 Å². The molecule has 8 heteroatoms. The van der Waals surface area contributed by atoms with Gasteiger partial charge in [0.25, 0.3) is 6.43 Å². The molecule has 0 amide bonds. The molecule has 0 aliphatic heterocycles. The lowest BCUT2D eigenvalue weighted by atomic mass is 10.6. The molecule has 0 nitrogen and oxygen atoms in total. The van der Waals surface area contributed by atoms with Gasteiger partial charge in [-0.1, -0.05) is 0 Å². The fourth-order valence-corrected chi connectivity index (χ4v) is 0.0981. The fourth-order valence-electron chi connectivity index (χ4n) is 0.0981. The molecule has 84 valence electrons. The predicted octanol–water partition coefficient (Wildman–Crippen LogP) is 4.07. The van der Waals surface area contributed by atoms with Crippen molar-refractivity contribution in [1.29, 1.82) is 0 Å². The molecule has 0 aromatic carbocycles. The molecular formula is C6H4F8. The van der Waals surface area contributed by atoms with E-state index in [1.54, 1.807) is 0 Å². The second-order valence-corrected chi connectivity index (χ2v) is 1.59. The number of halogens is 8. The molecule has 0 saturated heterocycles. The van der Waals surface area contributed by atoms with E-state index in [0.717, 1.165) is 0 Å². The van der Waals surface area contributed by atoms with E-state index >= 15 is 0 Å². The highest BCUT2D eigenvalue weighted by Crippen LogP contribution is 2.08. The van der Waals surface area contributed by atoms with Gasteiger partial charge in [0.1, 0.15) is 13.0 Å². The van der Waals surface area contributed by atoms with Crippen LogP contribution in [0.4, 0.5) is 35.1 Å². The highest BCUT2D eigenvalue weighted by Gasteiger charge is 2.08. The Morgan fingerprint density at radius 3 is 1.50 bits per heavy atom. The molecule has 0 atom stereocenters. The average Bonchev–Trinajstić information content (AvgIpc) is 2.15. The van der Waals surface area contributed by atoms with E-state index in [1.807, 2.05) is 0 Å². The highest BCUT2D eigenvalue weighted by atomic mass is 19.3. The van der Waals surface area contributed by atoms with Gasteiger partial charge < -0.3 is 0 Å². The number of hydrogen-bond acceptors (Lipinski definition) is 0. The van der Waals surface area contributed by atoms with Gasteiger partial charge in [0.05, 0.1) is 0 Å². The Bertz CT molecular complexity index is 202. The maximum Gasteiger partial charge on any atom is 0.304 e. The molecule has 0 unspecified atom stereocenters. The first-order valence-corrected chi connectivity index (χ1v) is 2.86. The van der Waals surface area contributed by atoms with E-state index < -0.39 is 37.2 Å². The van der Waals surface area contributed by atoms with Crippen LogP contribution < -0.4 is 0 Å². The van der Waals surface area contributed by atoms with Crippen molar-refractivity contribution in [2.24, 2.45) is 0 Å². The molecule has 0 bridgehead atoms. The molecule has 14 heavy (non-hydrogen) atoms. The third-order valence-electron chi connectivity index (χ3n) is 0.635. The van der Waals surface area contributed by atoms with Crippen LogP contribution in [0.5, 0.6) is 0 Å². The van der Waals surface area contributed by atoms with Crippen molar-refractivity contribution < 1.29 is 35.1 Å². The van der Waals surface area contributed by atoms with E-state index in [-0.39, 0.29) is 0 Å². The number of hydrogen-bond donors (Lipinski definition) is 0. The van der Waals surface area contributed by atoms with E-state index in [1.165, 1.54) is 0 Å². The summed E-state index contributed by atoms with van der Waals surface area (Å²) in [6, 6.07) is 0. The third kappa shape index (κ3) is 9.01. The third-order valence-corrected chi connectivity index (χ3v) is 0.635. The van der Waals surface area contributed by atoms with Crippen molar-refractivity contribution in [2.75, 3.05) is 6.67 Å². The predicted molar refractivity (Wildman–Crippen MR) is 32.6 cm³/mol. The minimum absolute atomic E-state index is 0.759. The zero-order valence-corrected chi connectivity index (χ0v) is 6.39. The van der Waals surface area contributed by atoms with Gasteiger partial charge in [-0.2, -0.15) is 8.78 Å². The first kappa shape index (κ1) is 15.4. The van der Waals surface area contributed by atoms with Crippen molar-refractivity contribution in [2.45, 2.75) is 6.43 Å². The van der Waals surface area contributed by atoms with Crippen LogP contribution in [0.15, 0.2) is 24.1 Å². The van der Waals surface area contributed by atoms with Crippen LogP contribution in [-0.4, -0.2) is 13.1 Å². The lowest BCUT2D eigenvalue weighted by molar-refractivity contribution is 0.156. The number of allylic oxidation sites excluding steroid dienone is 2. The van der Waals surface area contributed by atoms with Gasteiger partial charge >= 0.3 is 6.08 Å². The second-order valence-electron chi connectivity index (χ2n) is 1.59. The van der Waals surface area contributed by atoms with Crippen LogP contribution >= 0.6 is 0 Å². The van der Waals surface area contributed by atoms with Crippen molar-refractivity contribution in [3.8, 4) is 0 Å². The summed E-state index contributed by atoms with van der Waals surface area (Å²) in [7, 11) is 0. The Labute approximate surface area is 73.5 Å². The van der Waals surface area contributed by atoms with Crippen LogP contribution in [-0.2, 0) is 0 Å². The maximum atomic E-state index is 11.0. The molecule has 0 saturated carbocycles. The van der Waals surface area contributed by atoms with E-state index in [4.69, 9.17) is 0 Å². The largest absolute Gasteiger partial charge is 0.304 e. The summed E-state index contributed by atoms with van der Waals surface area (Å²) >= 11 is 0. The molecule has 0 rings (SSSR count). The number of alkyl halides is 3. The van der Waals surface area contributed by atoms with Gasteiger partial charge in [0.15, 0.2) is 11.7 Å². The SMILES string of the molecule is F/C=C(/F)C(F)F.FCC(F)=C(F)F. The smallest absolute Gasteiger partial charge is 0.243 e. The van der Waals surface area contributed by atoms with Crippen molar-refractivity contribution in [1.82, 2.24) is 0 Å². The Morgan fingerprint density at radius 1 is 1.07 bits per heavy atom. The molecule has 0 aliphatic rings. The molecule has 0 fully saturated rings. The molecule has 0 aromatic rings. The Hall–Kier alpha value is -1.08. The van der Waals surface area contributed by atoms with Crippen LogP contribution in [0.1, 0.15) is 0 Å². The van der Waals surface area contributed by atoms with Crippen LogP contribution in [0.3, 0.4) is 0 Å². The first-order chi connectivity index (χ1) is 6.36. The summed E-state index contributed by atoms with van der Waals surface area (Å²) in [5.41, 5.74) is 0. The molecular weight excluding hydrogens is 224 g/mol. The lowest BCUT2D eigenvalue weighted by Crippen LogP contribution is -1.87. The molecule has 0 aliphatic carbocycles. The first-order valence-electron chi connectivity index (χ1n) is 2.86. The molecule has 0 aromatic heterocycles. The average molecular weight is 228 g/mol. The second kappa shape index (κ2) is 8.52. The highest BCUT2D eigenvalue weighted by molar-refractivity contribution is 4.90. The Balaban J connectivity index is 0. The summed E-state index contributed by atoms with van der Waals surface area (Å²) in [5, 5.41) is 0. The Morgan fingerprint density at radius 2 is 1.50 bits per heavy atom. The van der Waals surface area contributed by atoms with Crippen molar-refractivity contribution in [3.05, 3.63) is 24.1 Å². The van der Waals surface area contributed by atoms with Gasteiger partial charge in [-0.3, -0.25) is 0 Å². The number of rotatable bonds is 2. The Kier molecular flexibility index (Phi) is 9.36. The quantitative estimate of drug-likeness (QED) is 0.625. The summed E-state index contributed by atoms with van der Waals surface area (Å²) in [5.74, 6) is -4.01. The van der Waals surface area contributed by atoms with Gasteiger partial charge in [-0.25, -0.2) is 26.3 Å². The van der Waals surface area contributed by atoms with Crippen molar-refractivity contribution in [3.63, 3.8) is 0 Å². The molecule has 0 N–H and O–H groups in total. The zero-order chi connectivity index (χ0) is 11.7. The standard InChI is InChI=1S/2C3H2F4/c2*4-1-2(5)3(6)7/h1H2;1,3H/b;2-1+. The van der Waals surface area contributed by atoms with E-state index in [9.17, 15) is 35.1 Å². The van der Waals surface area contributed by atoms with Crippen LogP contribution in [0.2, 0.25) is 0 Å². The fraction of sp³-hybridized carbons (Fsp3) is 0.333. The minimum Gasteiger partial charge on any atom is -0.243 e. The summed E-state index contributed by atoms with van der Waals surface area (Å²) in [4.78, 5) is 0. The van der Waals surface area contributed by atoms with Gasteiger partial charge in [-0.15, -0.1) is 0 Å². The maximum absolute atomic E-state index is 11.0. The van der Waals surface area contributed by atoms with E-state index in [2.05, 4.69) is 0 Å². The van der Waals surface area contributed by atoms with E-state index in [0.29, 0.717) is 0 Å². The van der Waals surface area contributed by atoms with Crippen molar-refractivity contribution >= 4 is 0 Å². The lowest BCUT2D eigenvalue weighted by Gasteiger charge is -1.85. The summed E-state index contributed by atoms with van der Waals surface area (Å²) in [6.45, 7) is -1.72. The molecule has 0 heterocycles. The van der Waals surface area contributed by atoms with Gasteiger partial charge in [0, 0.05) is 0 Å². The molecule has 0 radical (unpaired) electrons. The topological polar surface area (TPSA) is 0 Å².